The first-order chi connectivity index (χ1) is 6.66. The fourth-order valence-corrected chi connectivity index (χ4v) is 2.96. The molecular weight excluding hydrogens is 230 g/mol. The Morgan fingerprint density at radius 1 is 1.33 bits per heavy atom. The number of hydrogen-bond donors (Lipinski definition) is 1. The molecule has 15 heavy (non-hydrogen) atoms. The maximum atomic E-state index is 11.2. The maximum absolute atomic E-state index is 11.2. The summed E-state index contributed by atoms with van der Waals surface area (Å²) >= 11 is 0. The summed E-state index contributed by atoms with van der Waals surface area (Å²) in [5.74, 6) is 0. The summed E-state index contributed by atoms with van der Waals surface area (Å²) in [4.78, 5) is 0. The van der Waals surface area contributed by atoms with Crippen molar-refractivity contribution in [1.82, 2.24) is 0 Å². The normalized spacial score (nSPS) is 20.3. The van der Waals surface area contributed by atoms with E-state index in [0.717, 1.165) is 6.04 Å². The lowest BCUT2D eigenvalue weighted by molar-refractivity contribution is 0.141. The van der Waals surface area contributed by atoms with Gasteiger partial charge < -0.3 is 4.74 Å². The average Bonchev–Trinajstić information content (AvgIpc) is 2.75. The van der Waals surface area contributed by atoms with Gasteiger partial charge in [-0.3, -0.25) is 0 Å². The van der Waals surface area contributed by atoms with Crippen LogP contribution in [0, 0.1) is 0 Å². The number of hydrogen-bond acceptors (Lipinski definition) is 3. The highest BCUT2D eigenvalue weighted by atomic mass is 32.2. The smallest absolute Gasteiger partial charge is 0.217 e. The lowest BCUT2D eigenvalue weighted by Gasteiger charge is -2.17. The van der Waals surface area contributed by atoms with Crippen molar-refractivity contribution in [1.29, 1.82) is 0 Å². The molecule has 1 rings (SSSR count). The van der Waals surface area contributed by atoms with Gasteiger partial charge in [0.05, 0.1) is 6.61 Å². The van der Waals surface area contributed by atoms with E-state index in [-0.39, 0.29) is 6.61 Å². The van der Waals surface area contributed by atoms with Crippen LogP contribution < -0.4 is 5.14 Å². The highest BCUT2D eigenvalue weighted by Gasteiger charge is 2.53. The summed E-state index contributed by atoms with van der Waals surface area (Å²) in [7, 11) is -4.51. The molecule has 6 heteroatoms. The minimum Gasteiger partial charge on any atom is -0.380 e. The van der Waals surface area contributed by atoms with Crippen molar-refractivity contribution in [3.63, 3.8) is 0 Å². The molecule has 0 radical (unpaired) electrons. The third kappa shape index (κ3) is 3.86. The molecule has 0 unspecified atom stereocenters. The zero-order chi connectivity index (χ0) is 11.7. The van der Waals surface area contributed by atoms with Gasteiger partial charge in [0, 0.05) is 14.7 Å². The van der Waals surface area contributed by atoms with Gasteiger partial charge in [-0.2, -0.15) is 0 Å². The van der Waals surface area contributed by atoms with Crippen molar-refractivity contribution in [3.8, 4) is 0 Å². The van der Waals surface area contributed by atoms with Gasteiger partial charge in [0.25, 0.3) is 0 Å². The lowest BCUT2D eigenvalue weighted by Crippen LogP contribution is -2.35. The number of sulfonamides is 1. The van der Waals surface area contributed by atoms with Crippen LogP contribution in [0.25, 0.3) is 0 Å². The van der Waals surface area contributed by atoms with Gasteiger partial charge in [0.2, 0.25) is 10.0 Å². The Morgan fingerprint density at radius 3 is 2.20 bits per heavy atom. The van der Waals surface area contributed by atoms with Gasteiger partial charge in [0.15, 0.2) is 0 Å². The standard InChI is InChI=1S/C9H21NO3SSi/c1-15(2,3)7-6-13-8-9(4-5-9)14(10,11)12/h4-8H2,1-3H3,(H2,10,11,12). The Hall–Kier alpha value is 0.0869. The molecule has 0 spiro atoms. The quantitative estimate of drug-likeness (QED) is 0.569. The molecule has 1 fully saturated rings. The van der Waals surface area contributed by atoms with E-state index in [0.29, 0.717) is 19.4 Å². The molecule has 0 aromatic rings. The van der Waals surface area contributed by atoms with Crippen molar-refractivity contribution < 1.29 is 13.2 Å². The van der Waals surface area contributed by atoms with Gasteiger partial charge in [-0.1, -0.05) is 19.6 Å². The second-order valence-electron chi connectivity index (χ2n) is 5.59. The van der Waals surface area contributed by atoms with Crippen molar-refractivity contribution >= 4 is 18.1 Å². The predicted molar refractivity (Wildman–Crippen MR) is 64.0 cm³/mol. The number of nitrogens with two attached hydrogens (primary N) is 1. The fourth-order valence-electron chi connectivity index (χ4n) is 1.29. The summed E-state index contributed by atoms with van der Waals surface area (Å²) in [6.07, 6.45) is 1.30. The van der Waals surface area contributed by atoms with Crippen molar-refractivity contribution in [3.05, 3.63) is 0 Å². The number of ether oxygens (including phenoxy) is 1. The predicted octanol–water partition coefficient (Wildman–Crippen LogP) is 1.16. The molecule has 90 valence electrons. The molecule has 0 atom stereocenters. The Bertz CT molecular complexity index is 317. The van der Waals surface area contributed by atoms with Crippen LogP contribution in [0.3, 0.4) is 0 Å². The molecule has 4 nitrogen and oxygen atoms in total. The SMILES string of the molecule is C[Si](C)(C)CCOCC1(S(N)(=O)=O)CC1. The molecule has 0 saturated heterocycles. The van der Waals surface area contributed by atoms with Crippen molar-refractivity contribution in [2.75, 3.05) is 13.2 Å². The van der Waals surface area contributed by atoms with Crippen LogP contribution in [0.1, 0.15) is 12.8 Å². The van der Waals surface area contributed by atoms with Gasteiger partial charge in [0.1, 0.15) is 4.75 Å². The highest BCUT2D eigenvalue weighted by molar-refractivity contribution is 7.90. The first-order valence-electron chi connectivity index (χ1n) is 5.26. The third-order valence-electron chi connectivity index (χ3n) is 2.77. The van der Waals surface area contributed by atoms with E-state index >= 15 is 0 Å². The monoisotopic (exact) mass is 251 g/mol. The third-order valence-corrected chi connectivity index (χ3v) is 6.21. The summed E-state index contributed by atoms with van der Waals surface area (Å²) in [5.41, 5.74) is 0. The average molecular weight is 251 g/mol. The molecule has 0 heterocycles. The number of primary sulfonamides is 1. The molecular formula is C9H21NO3SSi. The first-order valence-corrected chi connectivity index (χ1v) is 10.5. The molecule has 0 aromatic carbocycles. The minimum atomic E-state index is -3.42. The molecule has 1 saturated carbocycles. The second-order valence-corrected chi connectivity index (χ2v) is 13.2. The van der Waals surface area contributed by atoms with Gasteiger partial charge in [-0.15, -0.1) is 0 Å². The lowest BCUT2D eigenvalue weighted by atomic mass is 10.4. The molecule has 0 aromatic heterocycles. The zero-order valence-corrected chi connectivity index (χ0v) is 11.6. The maximum Gasteiger partial charge on any atom is 0.217 e. The van der Waals surface area contributed by atoms with Crippen molar-refractivity contribution in [2.45, 2.75) is 43.3 Å². The van der Waals surface area contributed by atoms with E-state index in [4.69, 9.17) is 9.88 Å². The van der Waals surface area contributed by atoms with E-state index in [9.17, 15) is 8.42 Å². The van der Waals surface area contributed by atoms with Crippen molar-refractivity contribution in [2.24, 2.45) is 5.14 Å². The van der Waals surface area contributed by atoms with E-state index in [1.807, 2.05) is 0 Å². The summed E-state index contributed by atoms with van der Waals surface area (Å²) in [5, 5.41) is 5.14. The van der Waals surface area contributed by atoms with E-state index in [1.165, 1.54) is 0 Å². The van der Waals surface area contributed by atoms with Crippen LogP contribution in [0.2, 0.25) is 25.7 Å². The topological polar surface area (TPSA) is 69.4 Å². The molecule has 1 aliphatic rings. The number of rotatable bonds is 6. The van der Waals surface area contributed by atoms with Crippen LogP contribution in [0.4, 0.5) is 0 Å². The van der Waals surface area contributed by atoms with Crippen LogP contribution >= 0.6 is 0 Å². The molecule has 0 amide bonds. The largest absolute Gasteiger partial charge is 0.380 e. The molecule has 2 N–H and O–H groups in total. The second kappa shape index (κ2) is 4.16. The van der Waals surface area contributed by atoms with E-state index in [2.05, 4.69) is 19.6 Å². The van der Waals surface area contributed by atoms with Gasteiger partial charge >= 0.3 is 0 Å². The summed E-state index contributed by atoms with van der Waals surface area (Å²) in [6, 6.07) is 1.06. The van der Waals surface area contributed by atoms with Crippen LogP contribution in [-0.2, 0) is 14.8 Å². The molecule has 1 aliphatic carbocycles. The zero-order valence-electron chi connectivity index (χ0n) is 9.75. The van der Waals surface area contributed by atoms with E-state index < -0.39 is 22.8 Å². The fraction of sp³-hybridized carbons (Fsp3) is 1.00. The summed E-state index contributed by atoms with van der Waals surface area (Å²) < 4.78 is 27.1. The van der Waals surface area contributed by atoms with Gasteiger partial charge in [-0.05, 0) is 18.9 Å². The highest BCUT2D eigenvalue weighted by Crippen LogP contribution is 2.42. The Labute approximate surface area is 93.2 Å². The van der Waals surface area contributed by atoms with E-state index in [1.54, 1.807) is 0 Å². The first kappa shape index (κ1) is 13.2. The minimum absolute atomic E-state index is 0.274. The Balaban J connectivity index is 2.28. The van der Waals surface area contributed by atoms with Crippen LogP contribution in [0.15, 0.2) is 0 Å². The van der Waals surface area contributed by atoms with Crippen LogP contribution in [-0.4, -0.2) is 34.5 Å². The molecule has 0 bridgehead atoms. The Morgan fingerprint density at radius 2 is 1.87 bits per heavy atom. The van der Waals surface area contributed by atoms with Crippen LogP contribution in [0.5, 0.6) is 0 Å². The molecule has 0 aliphatic heterocycles. The van der Waals surface area contributed by atoms with Gasteiger partial charge in [-0.25, -0.2) is 13.6 Å². The Kier molecular flexibility index (Phi) is 3.65. The summed E-state index contributed by atoms with van der Waals surface area (Å²) in [6.45, 7) is 7.73.